The van der Waals surface area contributed by atoms with Crippen LogP contribution in [0.1, 0.15) is 18.9 Å². The summed E-state index contributed by atoms with van der Waals surface area (Å²) in [6, 6.07) is 3.24. The molecule has 0 aliphatic heterocycles. The van der Waals surface area contributed by atoms with E-state index in [-0.39, 0.29) is 13.2 Å². The first kappa shape index (κ1) is 12.1. The van der Waals surface area contributed by atoms with E-state index in [1.165, 1.54) is 12.1 Å². The lowest BCUT2D eigenvalue weighted by Gasteiger charge is -2.29. The molecule has 0 bridgehead atoms. The van der Waals surface area contributed by atoms with E-state index in [1.54, 1.807) is 0 Å². The van der Waals surface area contributed by atoms with Crippen molar-refractivity contribution in [3.63, 3.8) is 0 Å². The quantitative estimate of drug-likeness (QED) is 0.800. The Bertz CT molecular complexity index is 309. The van der Waals surface area contributed by atoms with E-state index in [1.807, 2.05) is 6.92 Å². The van der Waals surface area contributed by atoms with Crippen LogP contribution in [-0.4, -0.2) is 18.3 Å². The third kappa shape index (κ3) is 2.33. The van der Waals surface area contributed by atoms with Gasteiger partial charge in [0, 0.05) is 18.0 Å². The molecule has 1 aromatic rings. The zero-order valence-corrected chi connectivity index (χ0v) is 8.63. The molecule has 1 atom stereocenters. The predicted octanol–water partition coefficient (Wildman–Crippen LogP) is 1.56. The van der Waals surface area contributed by atoms with Crippen molar-refractivity contribution >= 4 is 0 Å². The van der Waals surface area contributed by atoms with Crippen LogP contribution in [-0.2, 0) is 5.41 Å². The Kier molecular flexibility index (Phi) is 3.77. The maximum atomic E-state index is 13.0. The van der Waals surface area contributed by atoms with Gasteiger partial charge in [0.2, 0.25) is 0 Å². The van der Waals surface area contributed by atoms with Gasteiger partial charge in [-0.05, 0) is 24.1 Å². The van der Waals surface area contributed by atoms with E-state index in [4.69, 9.17) is 5.73 Å². The molecule has 15 heavy (non-hydrogen) atoms. The number of aliphatic hydroxyl groups excluding tert-OH is 1. The molecule has 1 rings (SSSR count). The lowest BCUT2D eigenvalue weighted by Crippen LogP contribution is -2.38. The van der Waals surface area contributed by atoms with Crippen LogP contribution in [0.3, 0.4) is 0 Å². The Hall–Kier alpha value is -1.00. The van der Waals surface area contributed by atoms with Gasteiger partial charge in [-0.1, -0.05) is 6.92 Å². The highest BCUT2D eigenvalue weighted by atomic mass is 19.1. The molecule has 0 saturated heterocycles. The van der Waals surface area contributed by atoms with E-state index < -0.39 is 17.0 Å². The molecule has 0 heterocycles. The number of benzene rings is 1. The van der Waals surface area contributed by atoms with Gasteiger partial charge in [-0.3, -0.25) is 0 Å². The maximum absolute atomic E-state index is 13.0. The SMILES string of the molecule is CCC(CN)(CO)c1cc(F)cc(F)c1. The highest BCUT2D eigenvalue weighted by molar-refractivity contribution is 5.27. The van der Waals surface area contributed by atoms with Crippen molar-refractivity contribution in [3.8, 4) is 0 Å². The average molecular weight is 215 g/mol. The zero-order valence-electron chi connectivity index (χ0n) is 8.63. The molecule has 4 heteroatoms. The van der Waals surface area contributed by atoms with Gasteiger partial charge in [-0.15, -0.1) is 0 Å². The van der Waals surface area contributed by atoms with Crippen LogP contribution >= 0.6 is 0 Å². The van der Waals surface area contributed by atoms with Gasteiger partial charge in [0.05, 0.1) is 6.61 Å². The highest BCUT2D eigenvalue weighted by Gasteiger charge is 2.28. The summed E-state index contributed by atoms with van der Waals surface area (Å²) in [4.78, 5) is 0. The minimum atomic E-state index is -0.747. The standard InChI is InChI=1S/C11H15F2NO/c1-2-11(6-14,7-15)8-3-9(12)5-10(13)4-8/h3-5,15H,2,6-7,14H2,1H3. The zero-order chi connectivity index (χ0) is 11.5. The summed E-state index contributed by atoms with van der Waals surface area (Å²) >= 11 is 0. The molecule has 0 fully saturated rings. The van der Waals surface area contributed by atoms with Gasteiger partial charge < -0.3 is 10.8 Å². The van der Waals surface area contributed by atoms with Gasteiger partial charge in [-0.25, -0.2) is 8.78 Å². The Morgan fingerprint density at radius 2 is 1.80 bits per heavy atom. The summed E-state index contributed by atoms with van der Waals surface area (Å²) in [5.41, 5.74) is 5.22. The van der Waals surface area contributed by atoms with Gasteiger partial charge in [0.25, 0.3) is 0 Å². The van der Waals surface area contributed by atoms with Crippen molar-refractivity contribution in [3.05, 3.63) is 35.4 Å². The Morgan fingerprint density at radius 3 is 2.13 bits per heavy atom. The summed E-state index contributed by atoms with van der Waals surface area (Å²) < 4.78 is 26.0. The fourth-order valence-electron chi connectivity index (χ4n) is 1.59. The molecule has 0 spiro atoms. The van der Waals surface area contributed by atoms with E-state index in [9.17, 15) is 13.9 Å². The first-order chi connectivity index (χ1) is 7.07. The van der Waals surface area contributed by atoms with Crippen molar-refractivity contribution in [2.45, 2.75) is 18.8 Å². The van der Waals surface area contributed by atoms with E-state index in [2.05, 4.69) is 0 Å². The van der Waals surface area contributed by atoms with Crippen LogP contribution in [0, 0.1) is 11.6 Å². The molecule has 0 saturated carbocycles. The van der Waals surface area contributed by atoms with Crippen LogP contribution in [0.15, 0.2) is 18.2 Å². The van der Waals surface area contributed by atoms with Crippen molar-refractivity contribution in [1.82, 2.24) is 0 Å². The second-order valence-electron chi connectivity index (χ2n) is 3.65. The maximum Gasteiger partial charge on any atom is 0.126 e. The number of nitrogens with two attached hydrogens (primary N) is 1. The molecular weight excluding hydrogens is 200 g/mol. The molecule has 0 amide bonds. The third-order valence-corrected chi connectivity index (χ3v) is 2.85. The number of hydrogen-bond donors (Lipinski definition) is 2. The highest BCUT2D eigenvalue weighted by Crippen LogP contribution is 2.27. The van der Waals surface area contributed by atoms with Gasteiger partial charge in [0.15, 0.2) is 0 Å². The minimum Gasteiger partial charge on any atom is -0.395 e. The normalized spacial score (nSPS) is 15.0. The van der Waals surface area contributed by atoms with Crippen molar-refractivity contribution in [2.24, 2.45) is 5.73 Å². The minimum absolute atomic E-state index is 0.156. The van der Waals surface area contributed by atoms with Gasteiger partial charge in [0.1, 0.15) is 11.6 Å². The summed E-state index contributed by atoms with van der Waals surface area (Å²) in [5.74, 6) is -1.30. The summed E-state index contributed by atoms with van der Waals surface area (Å²) in [6.07, 6.45) is 0.531. The smallest absolute Gasteiger partial charge is 0.126 e. The first-order valence-corrected chi connectivity index (χ1v) is 4.85. The summed E-state index contributed by atoms with van der Waals surface area (Å²) in [5, 5.41) is 9.29. The van der Waals surface area contributed by atoms with Crippen molar-refractivity contribution < 1.29 is 13.9 Å². The number of rotatable bonds is 4. The molecule has 2 nitrogen and oxygen atoms in total. The van der Waals surface area contributed by atoms with Crippen LogP contribution in [0.4, 0.5) is 8.78 Å². The molecule has 1 aromatic carbocycles. The fourth-order valence-corrected chi connectivity index (χ4v) is 1.59. The summed E-state index contributed by atoms with van der Waals surface area (Å²) in [6.45, 7) is 1.76. The van der Waals surface area contributed by atoms with Crippen LogP contribution < -0.4 is 5.73 Å². The van der Waals surface area contributed by atoms with E-state index >= 15 is 0 Å². The topological polar surface area (TPSA) is 46.2 Å². The molecule has 0 aliphatic carbocycles. The second-order valence-corrected chi connectivity index (χ2v) is 3.65. The molecular formula is C11H15F2NO. The lowest BCUT2D eigenvalue weighted by molar-refractivity contribution is 0.192. The fraction of sp³-hybridized carbons (Fsp3) is 0.455. The number of hydrogen-bond acceptors (Lipinski definition) is 2. The van der Waals surface area contributed by atoms with E-state index in [0.29, 0.717) is 12.0 Å². The second kappa shape index (κ2) is 4.68. The molecule has 0 radical (unpaired) electrons. The van der Waals surface area contributed by atoms with Crippen molar-refractivity contribution in [1.29, 1.82) is 0 Å². The summed E-state index contributed by atoms with van der Waals surface area (Å²) in [7, 11) is 0. The predicted molar refractivity (Wildman–Crippen MR) is 54.5 cm³/mol. The Balaban J connectivity index is 3.22. The first-order valence-electron chi connectivity index (χ1n) is 4.85. The molecule has 0 aliphatic rings. The monoisotopic (exact) mass is 215 g/mol. The van der Waals surface area contributed by atoms with Crippen LogP contribution in [0.5, 0.6) is 0 Å². The van der Waals surface area contributed by atoms with Crippen molar-refractivity contribution in [2.75, 3.05) is 13.2 Å². The number of halogens is 2. The molecule has 3 N–H and O–H groups in total. The van der Waals surface area contributed by atoms with Gasteiger partial charge in [-0.2, -0.15) is 0 Å². The molecule has 84 valence electrons. The van der Waals surface area contributed by atoms with Crippen LogP contribution in [0.25, 0.3) is 0 Å². The molecule has 0 aromatic heterocycles. The average Bonchev–Trinajstić information content (AvgIpc) is 2.20. The van der Waals surface area contributed by atoms with Gasteiger partial charge >= 0.3 is 0 Å². The Morgan fingerprint density at radius 1 is 1.27 bits per heavy atom. The number of aliphatic hydroxyl groups is 1. The largest absolute Gasteiger partial charge is 0.395 e. The Labute approximate surface area is 87.7 Å². The van der Waals surface area contributed by atoms with Crippen LogP contribution in [0.2, 0.25) is 0 Å². The lowest BCUT2D eigenvalue weighted by atomic mass is 9.79. The van der Waals surface area contributed by atoms with E-state index in [0.717, 1.165) is 6.07 Å². The third-order valence-electron chi connectivity index (χ3n) is 2.85. The molecule has 1 unspecified atom stereocenters.